The molecule has 4 aliphatic rings. The average Bonchev–Trinajstić information content (AvgIpc) is 3.41. The Morgan fingerprint density at radius 3 is 2.14 bits per heavy atom. The molecule has 152 valence electrons. The van der Waals surface area contributed by atoms with Gasteiger partial charge in [0.25, 0.3) is 0 Å². The quantitative estimate of drug-likeness (QED) is 0.801. The standard InChI is InChI=1S/C20H23F3N2O3/c21-20(22,23)17-15(18(26)27)16(13-7-9-1-3-11(13)5-9)24-19(25-17)28-14-8-10-2-4-12(14)6-10/h9-14H,1-8H2,(H,26,27)/t9-,10+,11-,12+,13-,14+/m1/s1. The van der Waals surface area contributed by atoms with Crippen molar-refractivity contribution in [2.24, 2.45) is 23.7 Å². The van der Waals surface area contributed by atoms with Gasteiger partial charge in [-0.25, -0.2) is 4.79 Å². The number of alkyl halides is 3. The highest BCUT2D eigenvalue weighted by molar-refractivity contribution is 5.90. The van der Waals surface area contributed by atoms with E-state index in [9.17, 15) is 23.1 Å². The van der Waals surface area contributed by atoms with Crippen LogP contribution in [0.4, 0.5) is 13.2 Å². The minimum absolute atomic E-state index is 0.0279. The van der Waals surface area contributed by atoms with Gasteiger partial charge in [-0.05, 0) is 68.6 Å². The molecule has 5 nitrogen and oxygen atoms in total. The van der Waals surface area contributed by atoms with Crippen LogP contribution in [-0.2, 0) is 6.18 Å². The smallest absolute Gasteiger partial charge is 0.434 e. The fraction of sp³-hybridized carbons (Fsp3) is 0.750. The molecule has 4 bridgehead atoms. The van der Waals surface area contributed by atoms with Crippen molar-refractivity contribution >= 4 is 5.97 Å². The second-order valence-electron chi connectivity index (χ2n) is 9.03. The van der Waals surface area contributed by atoms with Crippen LogP contribution in [-0.4, -0.2) is 27.1 Å². The summed E-state index contributed by atoms with van der Waals surface area (Å²) in [6.07, 6.45) is 2.63. The zero-order valence-electron chi connectivity index (χ0n) is 15.4. The van der Waals surface area contributed by atoms with Crippen molar-refractivity contribution < 1.29 is 27.8 Å². The zero-order chi connectivity index (χ0) is 19.6. The van der Waals surface area contributed by atoms with Crippen molar-refractivity contribution in [1.29, 1.82) is 0 Å². The monoisotopic (exact) mass is 396 g/mol. The topological polar surface area (TPSA) is 72.3 Å². The molecule has 5 rings (SSSR count). The number of hydrogen-bond donors (Lipinski definition) is 1. The molecule has 4 aliphatic carbocycles. The minimum atomic E-state index is -4.87. The SMILES string of the molecule is O=C(O)c1c([C@@H]2C[C@@H]3CC[C@@H]2C3)nc(O[C@H]2C[C@H]3CC[C@H]2C3)nc1C(F)(F)F. The first-order chi connectivity index (χ1) is 13.3. The lowest BCUT2D eigenvalue weighted by molar-refractivity contribution is -0.142. The number of aromatic carboxylic acids is 1. The highest BCUT2D eigenvalue weighted by Gasteiger charge is 2.47. The van der Waals surface area contributed by atoms with E-state index in [1.54, 1.807) is 0 Å². The molecule has 0 aromatic carbocycles. The molecule has 4 saturated carbocycles. The van der Waals surface area contributed by atoms with Crippen molar-refractivity contribution in [3.05, 3.63) is 17.0 Å². The third-order valence-electron chi connectivity index (χ3n) is 7.42. The number of carboxylic acids is 1. The fourth-order valence-corrected chi connectivity index (χ4v) is 6.24. The van der Waals surface area contributed by atoms with Crippen molar-refractivity contribution in [2.45, 2.75) is 69.6 Å². The molecule has 0 saturated heterocycles. The van der Waals surface area contributed by atoms with Gasteiger partial charge in [0.2, 0.25) is 0 Å². The van der Waals surface area contributed by atoms with E-state index in [1.165, 1.54) is 0 Å². The first-order valence-electron chi connectivity index (χ1n) is 10.2. The van der Waals surface area contributed by atoms with Gasteiger partial charge in [0.05, 0.1) is 5.69 Å². The third kappa shape index (κ3) is 2.95. The van der Waals surface area contributed by atoms with Gasteiger partial charge >= 0.3 is 18.2 Å². The molecule has 28 heavy (non-hydrogen) atoms. The summed E-state index contributed by atoms with van der Waals surface area (Å²) in [6.45, 7) is 0. The van der Waals surface area contributed by atoms with Gasteiger partial charge in [-0.15, -0.1) is 0 Å². The van der Waals surface area contributed by atoms with E-state index in [2.05, 4.69) is 9.97 Å². The Balaban J connectivity index is 1.56. The van der Waals surface area contributed by atoms with E-state index in [-0.39, 0.29) is 29.6 Å². The fourth-order valence-electron chi connectivity index (χ4n) is 6.24. The summed E-state index contributed by atoms with van der Waals surface area (Å²) < 4.78 is 46.9. The first kappa shape index (κ1) is 18.2. The second kappa shape index (κ2) is 6.32. The van der Waals surface area contributed by atoms with Crippen LogP contribution in [0.2, 0.25) is 0 Å². The van der Waals surface area contributed by atoms with Crippen LogP contribution in [0.3, 0.4) is 0 Å². The summed E-state index contributed by atoms with van der Waals surface area (Å²) in [4.78, 5) is 19.7. The lowest BCUT2D eigenvalue weighted by Crippen LogP contribution is -2.27. The largest absolute Gasteiger partial charge is 0.478 e. The van der Waals surface area contributed by atoms with Crippen LogP contribution in [0.15, 0.2) is 0 Å². The highest BCUT2D eigenvalue weighted by atomic mass is 19.4. The maximum atomic E-state index is 13.7. The Kier molecular flexibility index (Phi) is 4.11. The number of rotatable bonds is 4. The van der Waals surface area contributed by atoms with Crippen LogP contribution in [0.1, 0.15) is 79.0 Å². The molecular weight excluding hydrogens is 373 g/mol. The molecule has 0 aliphatic heterocycles. The van der Waals surface area contributed by atoms with E-state index >= 15 is 0 Å². The lowest BCUT2D eigenvalue weighted by atomic mass is 9.84. The summed E-state index contributed by atoms with van der Waals surface area (Å²) in [5, 5.41) is 9.58. The van der Waals surface area contributed by atoms with Crippen LogP contribution in [0.25, 0.3) is 0 Å². The van der Waals surface area contributed by atoms with Crippen LogP contribution < -0.4 is 4.74 Å². The van der Waals surface area contributed by atoms with Gasteiger partial charge in [-0.3, -0.25) is 0 Å². The molecule has 1 aromatic heterocycles. The number of carboxylic acid groups (broad SMARTS) is 1. The molecule has 0 spiro atoms. The summed E-state index contributed by atoms with van der Waals surface area (Å²) in [5.74, 6) is -0.299. The lowest BCUT2D eigenvalue weighted by Gasteiger charge is -2.26. The molecule has 8 heteroatoms. The molecular formula is C20H23F3N2O3. The Labute approximate surface area is 160 Å². The number of ether oxygens (including phenoxy) is 1. The summed E-state index contributed by atoms with van der Waals surface area (Å²) >= 11 is 0. The Hall–Kier alpha value is -1.86. The van der Waals surface area contributed by atoms with Gasteiger partial charge in [0, 0.05) is 5.92 Å². The predicted octanol–water partition coefficient (Wildman–Crippen LogP) is 4.66. The van der Waals surface area contributed by atoms with Crippen LogP contribution in [0, 0.1) is 23.7 Å². The van der Waals surface area contributed by atoms with Crippen molar-refractivity contribution in [3.8, 4) is 6.01 Å². The third-order valence-corrected chi connectivity index (χ3v) is 7.42. The van der Waals surface area contributed by atoms with E-state index in [1.807, 2.05) is 0 Å². The molecule has 4 fully saturated rings. The number of fused-ring (bicyclic) bond motifs is 4. The van der Waals surface area contributed by atoms with E-state index < -0.39 is 23.4 Å². The van der Waals surface area contributed by atoms with E-state index in [4.69, 9.17) is 4.74 Å². The first-order valence-corrected chi connectivity index (χ1v) is 10.2. The van der Waals surface area contributed by atoms with Gasteiger partial charge in [0.15, 0.2) is 5.69 Å². The van der Waals surface area contributed by atoms with E-state index in [0.717, 1.165) is 44.9 Å². The molecule has 0 amide bonds. The summed E-state index contributed by atoms with van der Waals surface area (Å²) in [5.41, 5.74) is -2.13. The van der Waals surface area contributed by atoms with Gasteiger partial charge < -0.3 is 9.84 Å². The average molecular weight is 396 g/mol. The predicted molar refractivity (Wildman–Crippen MR) is 92.0 cm³/mol. The van der Waals surface area contributed by atoms with Crippen molar-refractivity contribution in [1.82, 2.24) is 9.97 Å². The van der Waals surface area contributed by atoms with Crippen LogP contribution >= 0.6 is 0 Å². The number of halogens is 3. The summed E-state index contributed by atoms with van der Waals surface area (Å²) in [7, 11) is 0. The van der Waals surface area contributed by atoms with Crippen LogP contribution in [0.5, 0.6) is 6.01 Å². The van der Waals surface area contributed by atoms with Crippen molar-refractivity contribution in [2.75, 3.05) is 0 Å². The number of aromatic nitrogens is 2. The van der Waals surface area contributed by atoms with Gasteiger partial charge in [0.1, 0.15) is 11.7 Å². The Morgan fingerprint density at radius 1 is 0.964 bits per heavy atom. The van der Waals surface area contributed by atoms with Gasteiger partial charge in [-0.1, -0.05) is 6.42 Å². The molecule has 0 radical (unpaired) electrons. The number of hydrogen-bond acceptors (Lipinski definition) is 4. The Morgan fingerprint density at radius 2 is 1.64 bits per heavy atom. The number of carbonyl (C=O) groups is 1. The van der Waals surface area contributed by atoms with E-state index in [0.29, 0.717) is 24.2 Å². The highest BCUT2D eigenvalue weighted by Crippen LogP contribution is 2.54. The molecule has 1 aromatic rings. The maximum absolute atomic E-state index is 13.7. The summed E-state index contributed by atoms with van der Waals surface area (Å²) in [6, 6.07) is -0.298. The second-order valence-corrected chi connectivity index (χ2v) is 9.03. The van der Waals surface area contributed by atoms with Gasteiger partial charge in [-0.2, -0.15) is 23.1 Å². The molecule has 1 heterocycles. The normalized spacial score (nSPS) is 36.2. The number of nitrogens with zero attached hydrogens (tertiary/aromatic N) is 2. The minimum Gasteiger partial charge on any atom is -0.478 e. The van der Waals surface area contributed by atoms with Crippen molar-refractivity contribution in [3.63, 3.8) is 0 Å². The molecule has 6 atom stereocenters. The molecule has 0 unspecified atom stereocenters. The zero-order valence-corrected chi connectivity index (χ0v) is 15.4. The maximum Gasteiger partial charge on any atom is 0.434 e. The molecule has 1 N–H and O–H groups in total. The Bertz CT molecular complexity index is 813.